The number of nitrogens with zero attached hydrogens (tertiary/aromatic N) is 6. The molecule has 174 valence electrons. The van der Waals surface area contributed by atoms with Crippen LogP contribution in [-0.2, 0) is 22.5 Å². The zero-order valence-electron chi connectivity index (χ0n) is 19.0. The predicted octanol–water partition coefficient (Wildman–Crippen LogP) is 1.61. The molecule has 5 heterocycles. The quantitative estimate of drug-likeness (QED) is 0.682. The number of carbonyl (C=O) groups is 1. The van der Waals surface area contributed by atoms with Crippen LogP contribution in [0.1, 0.15) is 44.3 Å². The van der Waals surface area contributed by atoms with Gasteiger partial charge < -0.3 is 19.5 Å². The summed E-state index contributed by atoms with van der Waals surface area (Å²) in [5.41, 5.74) is 1.84. The van der Waals surface area contributed by atoms with Crippen molar-refractivity contribution in [3.05, 3.63) is 12.2 Å². The van der Waals surface area contributed by atoms with Gasteiger partial charge in [-0.2, -0.15) is 0 Å². The molecule has 9 heteroatoms. The molecule has 2 fully saturated rings. The zero-order chi connectivity index (χ0) is 21.8. The van der Waals surface area contributed by atoms with Gasteiger partial charge in [0.2, 0.25) is 5.91 Å². The number of aromatic nitrogens is 4. The number of piperidine rings is 1. The van der Waals surface area contributed by atoms with Gasteiger partial charge >= 0.3 is 0 Å². The van der Waals surface area contributed by atoms with Crippen molar-refractivity contribution in [3.8, 4) is 0 Å². The Morgan fingerprint density at radius 3 is 2.91 bits per heavy atom. The van der Waals surface area contributed by atoms with Crippen LogP contribution in [0.4, 0.5) is 5.82 Å². The van der Waals surface area contributed by atoms with Gasteiger partial charge in [0, 0.05) is 45.7 Å². The molecule has 0 saturated carbocycles. The Labute approximate surface area is 189 Å². The first-order valence-corrected chi connectivity index (χ1v) is 12.3. The fourth-order valence-corrected chi connectivity index (χ4v) is 5.22. The highest BCUT2D eigenvalue weighted by Gasteiger charge is 2.29. The summed E-state index contributed by atoms with van der Waals surface area (Å²) in [6.07, 6.45) is 9.18. The van der Waals surface area contributed by atoms with Crippen LogP contribution in [0.3, 0.4) is 0 Å². The average Bonchev–Trinajstić information content (AvgIpc) is 3.03. The predicted molar refractivity (Wildman–Crippen MR) is 123 cm³/mol. The third kappa shape index (κ3) is 4.73. The van der Waals surface area contributed by atoms with Gasteiger partial charge in [-0.3, -0.25) is 9.69 Å². The van der Waals surface area contributed by atoms with Crippen molar-refractivity contribution in [3.63, 3.8) is 0 Å². The van der Waals surface area contributed by atoms with Crippen LogP contribution < -0.4 is 10.2 Å². The fourth-order valence-electron chi connectivity index (χ4n) is 5.22. The van der Waals surface area contributed by atoms with Gasteiger partial charge in [0.05, 0.1) is 19.1 Å². The monoisotopic (exact) mass is 441 g/mol. The number of imidazole rings is 1. The lowest BCUT2D eigenvalue weighted by molar-refractivity contribution is -0.125. The van der Waals surface area contributed by atoms with Crippen LogP contribution in [0, 0.1) is 5.92 Å². The smallest absolute Gasteiger partial charge is 0.224 e. The number of ether oxygens (including phenoxy) is 1. The average molecular weight is 442 g/mol. The number of hydrogen-bond donors (Lipinski definition) is 1. The number of fused-ring (bicyclic) bond motifs is 3. The van der Waals surface area contributed by atoms with Crippen LogP contribution in [0.2, 0.25) is 0 Å². The molecule has 0 unspecified atom stereocenters. The van der Waals surface area contributed by atoms with Crippen LogP contribution >= 0.6 is 0 Å². The third-order valence-corrected chi connectivity index (χ3v) is 7.02. The van der Waals surface area contributed by atoms with Gasteiger partial charge in [-0.05, 0) is 38.6 Å². The SMILES string of the molecule is O=C(NCCCN1CCOCC1)[C@@H]1CCCN(c2ncnc3c2nc2n3CCCCC2)C1. The highest BCUT2D eigenvalue weighted by molar-refractivity contribution is 5.85. The lowest BCUT2D eigenvalue weighted by Gasteiger charge is -2.33. The van der Waals surface area contributed by atoms with Gasteiger partial charge in [0.15, 0.2) is 17.0 Å². The minimum atomic E-state index is -0.00223. The summed E-state index contributed by atoms with van der Waals surface area (Å²) in [6, 6.07) is 0. The second kappa shape index (κ2) is 10.1. The van der Waals surface area contributed by atoms with E-state index in [2.05, 4.69) is 29.7 Å². The molecule has 9 nitrogen and oxygen atoms in total. The number of nitrogens with one attached hydrogen (secondary N) is 1. The Bertz CT molecular complexity index is 924. The molecule has 2 aromatic rings. The molecule has 0 spiro atoms. The van der Waals surface area contributed by atoms with Crippen LogP contribution in [-0.4, -0.2) is 82.8 Å². The van der Waals surface area contributed by atoms with E-state index < -0.39 is 0 Å². The minimum absolute atomic E-state index is 0.00223. The van der Waals surface area contributed by atoms with Gasteiger partial charge in [-0.1, -0.05) is 6.42 Å². The van der Waals surface area contributed by atoms with Crippen LogP contribution in [0.25, 0.3) is 11.2 Å². The van der Waals surface area contributed by atoms with Gasteiger partial charge in [0.25, 0.3) is 0 Å². The number of carbonyl (C=O) groups excluding carboxylic acids is 1. The molecular weight excluding hydrogens is 406 g/mol. The summed E-state index contributed by atoms with van der Waals surface area (Å²) >= 11 is 0. The van der Waals surface area contributed by atoms with Crippen LogP contribution in [0.15, 0.2) is 6.33 Å². The van der Waals surface area contributed by atoms with E-state index in [9.17, 15) is 4.79 Å². The van der Waals surface area contributed by atoms with Crippen molar-refractivity contribution in [2.24, 2.45) is 5.92 Å². The van der Waals surface area contributed by atoms with Crippen molar-refractivity contribution >= 4 is 22.9 Å². The number of anilines is 1. The highest BCUT2D eigenvalue weighted by atomic mass is 16.5. The van der Waals surface area contributed by atoms with E-state index in [1.807, 2.05) is 0 Å². The maximum atomic E-state index is 12.9. The zero-order valence-corrected chi connectivity index (χ0v) is 19.0. The van der Waals surface area contributed by atoms with Crippen LogP contribution in [0.5, 0.6) is 0 Å². The van der Waals surface area contributed by atoms with Gasteiger partial charge in [0.1, 0.15) is 12.2 Å². The molecule has 2 saturated heterocycles. The molecular formula is C23H35N7O2. The van der Waals surface area contributed by atoms with E-state index in [1.54, 1.807) is 6.33 Å². The van der Waals surface area contributed by atoms with Crippen molar-refractivity contribution in [2.75, 3.05) is 57.4 Å². The van der Waals surface area contributed by atoms with Gasteiger partial charge in [-0.25, -0.2) is 15.0 Å². The summed E-state index contributed by atoms with van der Waals surface area (Å²) in [4.78, 5) is 31.6. The van der Waals surface area contributed by atoms with Crippen molar-refractivity contribution in [2.45, 2.75) is 51.5 Å². The molecule has 3 aliphatic rings. The van der Waals surface area contributed by atoms with E-state index in [-0.39, 0.29) is 11.8 Å². The number of morpholine rings is 1. The Morgan fingerprint density at radius 2 is 2.00 bits per heavy atom. The minimum Gasteiger partial charge on any atom is -0.379 e. The van der Waals surface area contributed by atoms with E-state index in [1.165, 1.54) is 19.3 Å². The number of aryl methyl sites for hydroxylation is 2. The van der Waals surface area contributed by atoms with E-state index in [0.717, 1.165) is 101 Å². The van der Waals surface area contributed by atoms with Crippen molar-refractivity contribution in [1.29, 1.82) is 0 Å². The number of rotatable bonds is 6. The second-order valence-corrected chi connectivity index (χ2v) is 9.24. The first-order chi connectivity index (χ1) is 15.8. The molecule has 1 N–H and O–H groups in total. The maximum Gasteiger partial charge on any atom is 0.224 e. The molecule has 1 atom stereocenters. The van der Waals surface area contributed by atoms with Gasteiger partial charge in [-0.15, -0.1) is 0 Å². The van der Waals surface area contributed by atoms with Crippen molar-refractivity contribution in [1.82, 2.24) is 29.7 Å². The molecule has 3 aliphatic heterocycles. The molecule has 0 bridgehead atoms. The Hall–Kier alpha value is -2.26. The molecule has 2 aromatic heterocycles. The Balaban J connectivity index is 1.20. The summed E-state index contributed by atoms with van der Waals surface area (Å²) in [5, 5.41) is 3.17. The summed E-state index contributed by atoms with van der Waals surface area (Å²) in [6.45, 7) is 7.98. The van der Waals surface area contributed by atoms with E-state index in [4.69, 9.17) is 9.72 Å². The topological polar surface area (TPSA) is 88.4 Å². The normalized spacial score (nSPS) is 22.5. The second-order valence-electron chi connectivity index (χ2n) is 9.24. The maximum absolute atomic E-state index is 12.9. The molecule has 5 rings (SSSR count). The molecule has 0 aliphatic carbocycles. The summed E-state index contributed by atoms with van der Waals surface area (Å²) in [5.74, 6) is 2.19. The lowest BCUT2D eigenvalue weighted by Crippen LogP contribution is -2.44. The summed E-state index contributed by atoms with van der Waals surface area (Å²) in [7, 11) is 0. The number of hydrogen-bond acceptors (Lipinski definition) is 7. The van der Waals surface area contributed by atoms with E-state index >= 15 is 0 Å². The largest absolute Gasteiger partial charge is 0.379 e. The van der Waals surface area contributed by atoms with Crippen molar-refractivity contribution < 1.29 is 9.53 Å². The lowest BCUT2D eigenvalue weighted by atomic mass is 9.97. The molecule has 32 heavy (non-hydrogen) atoms. The Morgan fingerprint density at radius 1 is 1.09 bits per heavy atom. The molecule has 0 radical (unpaired) electrons. The van der Waals surface area contributed by atoms with E-state index in [0.29, 0.717) is 6.54 Å². The molecule has 1 amide bonds. The summed E-state index contributed by atoms with van der Waals surface area (Å²) < 4.78 is 7.67. The Kier molecular flexibility index (Phi) is 6.83. The first kappa shape index (κ1) is 21.6. The fraction of sp³-hybridized carbons (Fsp3) is 0.739. The first-order valence-electron chi connectivity index (χ1n) is 12.3. The molecule has 0 aromatic carbocycles. The number of amides is 1. The standard InChI is InChI=1S/C23H35N7O2/c31-23(24-8-5-9-28-12-14-32-15-13-28)18-6-4-10-29(16-18)21-20-22(26-17-25-21)30-11-3-1-2-7-19(30)27-20/h17-18H,1-16H2,(H,24,31)/t18-/m1/s1. The third-order valence-electron chi connectivity index (χ3n) is 7.02. The highest BCUT2D eigenvalue weighted by Crippen LogP contribution is 2.29.